The Labute approximate surface area is 135 Å². The van der Waals surface area contributed by atoms with E-state index in [1.807, 2.05) is 13.8 Å². The molecule has 5 nitrogen and oxygen atoms in total. The van der Waals surface area contributed by atoms with Crippen molar-refractivity contribution in [3.8, 4) is 5.69 Å². The molecule has 2 aromatic heterocycles. The van der Waals surface area contributed by atoms with E-state index in [2.05, 4.69) is 4.37 Å². The molecule has 0 bridgehead atoms. The highest BCUT2D eigenvalue weighted by molar-refractivity contribution is 7.13. The number of hydrogen-bond donors (Lipinski definition) is 0. The first-order chi connectivity index (χ1) is 10.8. The van der Waals surface area contributed by atoms with Crippen LogP contribution in [0, 0.1) is 12.7 Å². The number of aromatic nitrogens is 3. The third-order valence-corrected chi connectivity index (χ3v) is 4.74. The summed E-state index contributed by atoms with van der Waals surface area (Å²) in [7, 11) is 1.55. The van der Waals surface area contributed by atoms with Gasteiger partial charge in [0.2, 0.25) is 0 Å². The van der Waals surface area contributed by atoms with Crippen molar-refractivity contribution in [3.05, 3.63) is 56.2 Å². The van der Waals surface area contributed by atoms with Crippen LogP contribution < -0.4 is 11.2 Å². The average Bonchev–Trinajstić information content (AvgIpc) is 2.88. The number of nitrogens with zero attached hydrogens (tertiary/aromatic N) is 3. The Hall–Kier alpha value is -2.28. The Bertz CT molecular complexity index is 1030. The second-order valence-electron chi connectivity index (χ2n) is 5.82. The second-order valence-corrected chi connectivity index (χ2v) is 6.63. The molecule has 0 radical (unpaired) electrons. The van der Waals surface area contributed by atoms with Gasteiger partial charge in [-0.15, -0.1) is 0 Å². The molecule has 0 aliphatic carbocycles. The van der Waals surface area contributed by atoms with E-state index >= 15 is 0 Å². The zero-order valence-electron chi connectivity index (χ0n) is 13.3. The van der Waals surface area contributed by atoms with Crippen molar-refractivity contribution in [1.82, 2.24) is 13.5 Å². The van der Waals surface area contributed by atoms with E-state index in [0.717, 1.165) is 15.6 Å². The number of halogens is 1. The fourth-order valence-corrected chi connectivity index (χ4v) is 3.44. The first-order valence-electron chi connectivity index (χ1n) is 7.20. The van der Waals surface area contributed by atoms with Crippen molar-refractivity contribution in [2.45, 2.75) is 26.7 Å². The van der Waals surface area contributed by atoms with Crippen LogP contribution in [0.5, 0.6) is 0 Å². The summed E-state index contributed by atoms with van der Waals surface area (Å²) in [6.07, 6.45) is 0. The normalized spacial score (nSPS) is 11.6. The fraction of sp³-hybridized carbons (Fsp3) is 0.312. The Kier molecular flexibility index (Phi) is 3.68. The average molecular weight is 333 g/mol. The molecule has 3 aromatic rings. The maximum atomic E-state index is 14.5. The van der Waals surface area contributed by atoms with E-state index in [1.54, 1.807) is 20.0 Å². The van der Waals surface area contributed by atoms with Gasteiger partial charge in [0.05, 0.1) is 16.1 Å². The lowest BCUT2D eigenvalue weighted by molar-refractivity contribution is 0.607. The van der Waals surface area contributed by atoms with Crippen molar-refractivity contribution in [2.75, 3.05) is 0 Å². The molecule has 0 saturated carbocycles. The van der Waals surface area contributed by atoms with Gasteiger partial charge in [-0.25, -0.2) is 13.8 Å². The molecule has 0 fully saturated rings. The predicted octanol–water partition coefficient (Wildman–Crippen LogP) is 2.72. The van der Waals surface area contributed by atoms with Crippen molar-refractivity contribution in [2.24, 2.45) is 7.05 Å². The van der Waals surface area contributed by atoms with Crippen LogP contribution in [0.2, 0.25) is 0 Å². The quantitative estimate of drug-likeness (QED) is 0.724. The van der Waals surface area contributed by atoms with Gasteiger partial charge in [0.25, 0.3) is 5.56 Å². The molecule has 1 aromatic carbocycles. The summed E-state index contributed by atoms with van der Waals surface area (Å²) in [5.74, 6) is -0.445. The monoisotopic (exact) mass is 333 g/mol. The molecule has 0 amide bonds. The van der Waals surface area contributed by atoms with E-state index < -0.39 is 17.1 Å². The smallest absolute Gasteiger partial charge is 0.301 e. The standard InChI is InChI=1S/C16H16FN3O2S/c1-8(2)15-10-6-12(11(17)7-13(10)23-18-15)20-14(21)5-9(3)19(4)16(20)22/h5-8H,1-4H3. The van der Waals surface area contributed by atoms with Crippen LogP contribution in [0.4, 0.5) is 4.39 Å². The number of fused-ring (bicyclic) bond motifs is 1. The number of benzene rings is 1. The summed E-state index contributed by atoms with van der Waals surface area (Å²) < 4.78 is 21.7. The van der Waals surface area contributed by atoms with Gasteiger partial charge in [0.1, 0.15) is 5.82 Å². The second kappa shape index (κ2) is 5.42. The SMILES string of the molecule is Cc1cc(=O)n(-c2cc3c(C(C)C)nsc3cc2F)c(=O)n1C. The van der Waals surface area contributed by atoms with Crippen LogP contribution in [-0.4, -0.2) is 13.5 Å². The lowest BCUT2D eigenvalue weighted by atomic mass is 10.1. The van der Waals surface area contributed by atoms with Crippen molar-refractivity contribution >= 4 is 21.6 Å². The largest absolute Gasteiger partial charge is 0.335 e. The maximum Gasteiger partial charge on any atom is 0.335 e. The Morgan fingerprint density at radius 1 is 1.22 bits per heavy atom. The minimum absolute atomic E-state index is 0.0369. The number of rotatable bonds is 2. The molecular formula is C16H16FN3O2S. The summed E-state index contributed by atoms with van der Waals surface area (Å²) in [5, 5.41) is 0.774. The Morgan fingerprint density at radius 3 is 2.57 bits per heavy atom. The third-order valence-electron chi connectivity index (χ3n) is 3.92. The molecule has 3 rings (SSSR count). The summed E-state index contributed by atoms with van der Waals surface area (Å²) >= 11 is 1.21. The first-order valence-corrected chi connectivity index (χ1v) is 7.97. The van der Waals surface area contributed by atoms with E-state index in [9.17, 15) is 14.0 Å². The molecule has 0 atom stereocenters. The molecular weight excluding hydrogens is 317 g/mol. The van der Waals surface area contributed by atoms with E-state index in [4.69, 9.17) is 0 Å². The van der Waals surface area contributed by atoms with Gasteiger partial charge in [-0.2, -0.15) is 4.37 Å². The molecule has 0 unspecified atom stereocenters. The van der Waals surface area contributed by atoms with Gasteiger partial charge in [0, 0.05) is 24.2 Å². The van der Waals surface area contributed by atoms with Gasteiger partial charge < -0.3 is 4.57 Å². The van der Waals surface area contributed by atoms with Gasteiger partial charge in [-0.05, 0) is 36.5 Å². The number of aryl methyl sites for hydroxylation is 1. The molecule has 2 heterocycles. The van der Waals surface area contributed by atoms with E-state index in [-0.39, 0.29) is 11.6 Å². The molecule has 0 aliphatic heterocycles. The Morgan fingerprint density at radius 2 is 1.91 bits per heavy atom. The minimum atomic E-state index is -0.612. The number of hydrogen-bond acceptors (Lipinski definition) is 4. The van der Waals surface area contributed by atoms with Gasteiger partial charge >= 0.3 is 5.69 Å². The van der Waals surface area contributed by atoms with Gasteiger partial charge in [-0.1, -0.05) is 13.8 Å². The lowest BCUT2D eigenvalue weighted by Crippen LogP contribution is -2.38. The molecule has 0 N–H and O–H groups in total. The summed E-state index contributed by atoms with van der Waals surface area (Å²) in [4.78, 5) is 24.6. The lowest BCUT2D eigenvalue weighted by Gasteiger charge is -2.11. The molecule has 120 valence electrons. The Balaban J connectivity index is 2.40. The fourth-order valence-electron chi connectivity index (χ4n) is 2.51. The van der Waals surface area contributed by atoms with Crippen LogP contribution in [0.3, 0.4) is 0 Å². The molecule has 7 heteroatoms. The molecule has 0 spiro atoms. The molecule has 0 aliphatic rings. The summed E-state index contributed by atoms with van der Waals surface area (Å²) in [6, 6.07) is 4.20. The topological polar surface area (TPSA) is 56.9 Å². The third kappa shape index (κ3) is 2.41. The van der Waals surface area contributed by atoms with Crippen molar-refractivity contribution in [1.29, 1.82) is 0 Å². The van der Waals surface area contributed by atoms with Crippen LogP contribution in [0.15, 0.2) is 27.8 Å². The zero-order chi connectivity index (χ0) is 16.9. The molecule has 0 saturated heterocycles. The van der Waals surface area contributed by atoms with Gasteiger partial charge in [0.15, 0.2) is 0 Å². The molecule has 23 heavy (non-hydrogen) atoms. The van der Waals surface area contributed by atoms with Gasteiger partial charge in [-0.3, -0.25) is 4.79 Å². The minimum Gasteiger partial charge on any atom is -0.301 e. The van der Waals surface area contributed by atoms with E-state index in [0.29, 0.717) is 10.4 Å². The predicted molar refractivity (Wildman–Crippen MR) is 89.2 cm³/mol. The maximum absolute atomic E-state index is 14.5. The van der Waals surface area contributed by atoms with Crippen LogP contribution in [-0.2, 0) is 7.05 Å². The summed E-state index contributed by atoms with van der Waals surface area (Å²) in [5.41, 5.74) is 0.215. The zero-order valence-corrected chi connectivity index (χ0v) is 14.1. The highest BCUT2D eigenvalue weighted by Crippen LogP contribution is 2.30. The van der Waals surface area contributed by atoms with E-state index in [1.165, 1.54) is 28.2 Å². The highest BCUT2D eigenvalue weighted by Gasteiger charge is 2.17. The van der Waals surface area contributed by atoms with Crippen molar-refractivity contribution < 1.29 is 4.39 Å². The van der Waals surface area contributed by atoms with Crippen LogP contribution >= 0.6 is 11.5 Å². The van der Waals surface area contributed by atoms with Crippen molar-refractivity contribution in [3.63, 3.8) is 0 Å². The first kappa shape index (κ1) is 15.6. The highest BCUT2D eigenvalue weighted by atomic mass is 32.1. The van der Waals surface area contributed by atoms with Crippen LogP contribution in [0.25, 0.3) is 15.8 Å². The summed E-state index contributed by atoms with van der Waals surface area (Å²) in [6.45, 7) is 5.65. The van der Waals surface area contributed by atoms with Crippen LogP contribution in [0.1, 0.15) is 31.2 Å².